The molecule has 122 valence electrons. The molecule has 1 aromatic heterocycles. The van der Waals surface area contributed by atoms with Crippen molar-refractivity contribution >= 4 is 16.9 Å². The van der Waals surface area contributed by atoms with Gasteiger partial charge in [0.2, 0.25) is 5.43 Å². The molecule has 0 bridgehead atoms. The minimum atomic E-state index is -1.71. The fourth-order valence-corrected chi connectivity index (χ4v) is 2.77. The van der Waals surface area contributed by atoms with Crippen molar-refractivity contribution in [1.82, 2.24) is 4.68 Å². The van der Waals surface area contributed by atoms with Crippen LogP contribution < -0.4 is 10.4 Å². The summed E-state index contributed by atoms with van der Waals surface area (Å²) in [4.78, 5) is 24.3. The van der Waals surface area contributed by atoms with Gasteiger partial charge in [-0.3, -0.25) is 9.47 Å². The highest BCUT2D eigenvalue weighted by atomic mass is 19.2. The number of rotatable bonds is 2. The van der Waals surface area contributed by atoms with Crippen molar-refractivity contribution < 1.29 is 22.7 Å². The molecule has 0 aliphatic carbocycles. The fraction of sp³-hybridized carbons (Fsp3) is 0.333. The monoisotopic (exact) mass is 326 g/mol. The summed E-state index contributed by atoms with van der Waals surface area (Å²) in [5, 5.41) is 0.935. The van der Waals surface area contributed by atoms with Crippen molar-refractivity contribution in [2.24, 2.45) is 0 Å². The van der Waals surface area contributed by atoms with Gasteiger partial charge in [0.05, 0.1) is 17.5 Å². The van der Waals surface area contributed by atoms with Gasteiger partial charge in [-0.15, -0.1) is 0 Å². The van der Waals surface area contributed by atoms with E-state index in [-0.39, 0.29) is 24.1 Å². The third kappa shape index (κ3) is 2.08. The van der Waals surface area contributed by atoms with E-state index in [9.17, 15) is 22.8 Å². The molecule has 2 aromatic rings. The number of hydrogen-bond acceptors (Lipinski definition) is 4. The van der Waals surface area contributed by atoms with E-state index < -0.39 is 39.8 Å². The Morgan fingerprint density at radius 3 is 2.61 bits per heavy atom. The standard InChI is InChI=1S/C15H13F3N2O3/c1-3-23-15(22)8-6-20-13-7(4-5-19(20)2)10(16)12(18)11(17)9(13)14(8)21/h6H,3-5H2,1-2H3. The number of carbonyl (C=O) groups excluding carboxylic acids is 1. The van der Waals surface area contributed by atoms with Gasteiger partial charge in [-0.05, 0) is 13.3 Å². The third-order valence-electron chi connectivity index (χ3n) is 3.89. The van der Waals surface area contributed by atoms with Crippen molar-refractivity contribution in [2.45, 2.75) is 13.3 Å². The number of ether oxygens (including phenoxy) is 1. The van der Waals surface area contributed by atoms with E-state index in [1.165, 1.54) is 10.9 Å². The predicted molar refractivity (Wildman–Crippen MR) is 76.8 cm³/mol. The molecule has 0 amide bonds. The average Bonchev–Trinajstić information content (AvgIpc) is 2.52. The van der Waals surface area contributed by atoms with Crippen molar-refractivity contribution in [2.75, 3.05) is 25.2 Å². The molecular weight excluding hydrogens is 313 g/mol. The first-order chi connectivity index (χ1) is 10.9. The molecule has 23 heavy (non-hydrogen) atoms. The highest BCUT2D eigenvalue weighted by Crippen LogP contribution is 2.29. The molecule has 0 fully saturated rings. The maximum Gasteiger partial charge on any atom is 0.343 e. The molecule has 0 atom stereocenters. The Labute approximate surface area is 128 Å². The van der Waals surface area contributed by atoms with Crippen LogP contribution in [0.15, 0.2) is 11.0 Å². The maximum absolute atomic E-state index is 14.2. The topological polar surface area (TPSA) is 51.5 Å². The molecule has 0 spiro atoms. The zero-order chi connectivity index (χ0) is 16.9. The average molecular weight is 326 g/mol. The van der Waals surface area contributed by atoms with E-state index in [2.05, 4.69) is 0 Å². The first-order valence-electron chi connectivity index (χ1n) is 7.01. The Balaban J connectivity index is 2.49. The number of carbonyl (C=O) groups is 1. The molecule has 5 nitrogen and oxygen atoms in total. The number of aromatic nitrogens is 1. The van der Waals surface area contributed by atoms with E-state index in [4.69, 9.17) is 4.74 Å². The van der Waals surface area contributed by atoms with E-state index >= 15 is 0 Å². The van der Waals surface area contributed by atoms with Crippen LogP contribution in [0.25, 0.3) is 10.9 Å². The third-order valence-corrected chi connectivity index (χ3v) is 3.89. The molecule has 3 rings (SSSR count). The summed E-state index contributed by atoms with van der Waals surface area (Å²) in [6, 6.07) is 0. The van der Waals surface area contributed by atoms with E-state index in [1.54, 1.807) is 19.0 Å². The Bertz CT molecular complexity index is 892. The lowest BCUT2D eigenvalue weighted by molar-refractivity contribution is 0.0524. The van der Waals surface area contributed by atoms with Gasteiger partial charge in [0.25, 0.3) is 0 Å². The van der Waals surface area contributed by atoms with Gasteiger partial charge in [-0.2, -0.15) is 0 Å². The number of nitrogens with zero attached hydrogens (tertiary/aromatic N) is 2. The van der Waals surface area contributed by atoms with Crippen LogP contribution in [0.1, 0.15) is 22.8 Å². The molecule has 0 radical (unpaired) electrons. The number of hydrogen-bond donors (Lipinski definition) is 0. The minimum absolute atomic E-state index is 0.0255. The lowest BCUT2D eigenvalue weighted by Gasteiger charge is -2.31. The van der Waals surface area contributed by atoms with E-state index in [0.29, 0.717) is 6.54 Å². The SMILES string of the molecule is CCOC(=O)c1cn2c3c(c(F)c(F)c(F)c3c1=O)CCN2C. The van der Waals surface area contributed by atoms with Gasteiger partial charge >= 0.3 is 5.97 Å². The van der Waals surface area contributed by atoms with Gasteiger partial charge in [0.1, 0.15) is 5.56 Å². The first kappa shape index (κ1) is 15.4. The van der Waals surface area contributed by atoms with Crippen LogP contribution in [0.4, 0.5) is 13.2 Å². The predicted octanol–water partition coefficient (Wildman–Crippen LogP) is 1.72. The Hall–Kier alpha value is -2.51. The zero-order valence-electron chi connectivity index (χ0n) is 12.5. The normalized spacial score (nSPS) is 13.5. The number of benzene rings is 1. The number of halogens is 3. The second kappa shape index (κ2) is 5.29. The van der Waals surface area contributed by atoms with Gasteiger partial charge in [0, 0.05) is 25.4 Å². The number of esters is 1. The Morgan fingerprint density at radius 2 is 1.96 bits per heavy atom. The highest BCUT2D eigenvalue weighted by molar-refractivity contribution is 5.95. The highest BCUT2D eigenvalue weighted by Gasteiger charge is 2.30. The van der Waals surface area contributed by atoms with Crippen LogP contribution in [-0.4, -0.2) is 30.8 Å². The molecule has 2 heterocycles. The summed E-state index contributed by atoms with van der Waals surface area (Å²) in [7, 11) is 1.63. The molecule has 0 saturated heterocycles. The van der Waals surface area contributed by atoms with E-state index in [0.717, 1.165) is 0 Å². The smallest absolute Gasteiger partial charge is 0.343 e. The second-order valence-electron chi connectivity index (χ2n) is 5.21. The van der Waals surface area contributed by atoms with Gasteiger partial charge < -0.3 is 9.75 Å². The Morgan fingerprint density at radius 1 is 1.26 bits per heavy atom. The molecule has 0 saturated carbocycles. The molecule has 1 aliphatic heterocycles. The fourth-order valence-electron chi connectivity index (χ4n) is 2.77. The van der Waals surface area contributed by atoms with Crippen LogP contribution in [0.2, 0.25) is 0 Å². The van der Waals surface area contributed by atoms with Crippen LogP contribution in [-0.2, 0) is 11.2 Å². The molecule has 8 heteroatoms. The molecule has 0 N–H and O–H groups in total. The summed E-state index contributed by atoms with van der Waals surface area (Å²) in [5.74, 6) is -5.55. The van der Waals surface area contributed by atoms with Crippen LogP contribution in [0, 0.1) is 17.5 Å². The van der Waals surface area contributed by atoms with Crippen molar-refractivity contribution in [3.63, 3.8) is 0 Å². The van der Waals surface area contributed by atoms with Crippen molar-refractivity contribution in [3.8, 4) is 0 Å². The van der Waals surface area contributed by atoms with Crippen molar-refractivity contribution in [3.05, 3.63) is 45.0 Å². The summed E-state index contributed by atoms with van der Waals surface area (Å²) < 4.78 is 48.1. The molecule has 1 aromatic carbocycles. The van der Waals surface area contributed by atoms with Gasteiger partial charge in [0.15, 0.2) is 17.5 Å². The lowest BCUT2D eigenvalue weighted by Crippen LogP contribution is -2.39. The number of pyridine rings is 1. The van der Waals surface area contributed by atoms with Crippen LogP contribution in [0.3, 0.4) is 0 Å². The summed E-state index contributed by atoms with van der Waals surface area (Å²) in [6.45, 7) is 1.90. The van der Waals surface area contributed by atoms with Crippen LogP contribution >= 0.6 is 0 Å². The van der Waals surface area contributed by atoms with E-state index in [1.807, 2.05) is 0 Å². The van der Waals surface area contributed by atoms with Gasteiger partial charge in [-0.25, -0.2) is 18.0 Å². The summed E-state index contributed by atoms with van der Waals surface area (Å²) in [6.07, 6.45) is 1.29. The second-order valence-corrected chi connectivity index (χ2v) is 5.21. The molecule has 0 unspecified atom stereocenters. The van der Waals surface area contributed by atoms with Crippen molar-refractivity contribution in [1.29, 1.82) is 0 Å². The maximum atomic E-state index is 14.2. The Kier molecular flexibility index (Phi) is 3.54. The van der Waals surface area contributed by atoms with Gasteiger partial charge in [-0.1, -0.05) is 0 Å². The summed E-state index contributed by atoms with van der Waals surface area (Å²) in [5.41, 5.74) is -1.58. The molecule has 1 aliphatic rings. The lowest BCUT2D eigenvalue weighted by atomic mass is 10.0. The first-order valence-corrected chi connectivity index (χ1v) is 7.01. The minimum Gasteiger partial charge on any atom is -0.462 e. The number of likely N-dealkylation sites (N-methyl/N-ethyl adjacent to an activating group) is 1. The quantitative estimate of drug-likeness (QED) is 0.623. The summed E-state index contributed by atoms with van der Waals surface area (Å²) >= 11 is 0. The molecular formula is C15H13F3N2O3. The van der Waals surface area contributed by atoms with Crippen LogP contribution in [0.5, 0.6) is 0 Å². The zero-order valence-corrected chi connectivity index (χ0v) is 12.5. The largest absolute Gasteiger partial charge is 0.462 e.